The lowest BCUT2D eigenvalue weighted by atomic mass is 9.89. The second-order valence-corrected chi connectivity index (χ2v) is 5.64. The van der Waals surface area contributed by atoms with Gasteiger partial charge in [0, 0.05) is 31.9 Å². The Labute approximate surface area is 114 Å². The molecule has 4 heteroatoms. The lowest BCUT2D eigenvalue weighted by molar-refractivity contribution is 0.149. The molecule has 0 fully saturated rings. The van der Waals surface area contributed by atoms with Crippen LogP contribution in [0, 0.1) is 17.0 Å². The Bertz CT molecular complexity index is 387. The highest BCUT2D eigenvalue weighted by Gasteiger charge is 2.21. The van der Waals surface area contributed by atoms with E-state index in [0.717, 1.165) is 6.42 Å². The summed E-state index contributed by atoms with van der Waals surface area (Å²) in [6.45, 7) is 7.32. The molecule has 0 heterocycles. The number of rotatable bonds is 7. The summed E-state index contributed by atoms with van der Waals surface area (Å²) in [5, 5.41) is 3.19. The molecule has 19 heavy (non-hydrogen) atoms. The van der Waals surface area contributed by atoms with Crippen LogP contribution in [0.3, 0.4) is 0 Å². The summed E-state index contributed by atoms with van der Waals surface area (Å²) >= 11 is 0. The van der Waals surface area contributed by atoms with Crippen molar-refractivity contribution in [3.63, 3.8) is 0 Å². The van der Waals surface area contributed by atoms with Gasteiger partial charge in [0.25, 0.3) is 0 Å². The highest BCUT2D eigenvalue weighted by atomic mass is 19.1. The Hall–Kier alpha value is -1.00. The van der Waals surface area contributed by atoms with Gasteiger partial charge in [0.15, 0.2) is 0 Å². The van der Waals surface area contributed by atoms with Crippen molar-refractivity contribution in [3.05, 3.63) is 35.4 Å². The quantitative estimate of drug-likeness (QED) is 0.817. The van der Waals surface area contributed by atoms with E-state index in [4.69, 9.17) is 4.74 Å². The van der Waals surface area contributed by atoms with Crippen molar-refractivity contribution < 1.29 is 13.5 Å². The molecule has 1 unspecified atom stereocenters. The van der Waals surface area contributed by atoms with Crippen LogP contribution in [-0.2, 0) is 4.74 Å². The minimum Gasteiger partial charge on any atom is -0.385 e. The molecule has 1 aromatic carbocycles. The third-order valence-electron chi connectivity index (χ3n) is 3.30. The molecule has 0 aromatic heterocycles. The van der Waals surface area contributed by atoms with Gasteiger partial charge in [0.2, 0.25) is 0 Å². The molecule has 0 amide bonds. The summed E-state index contributed by atoms with van der Waals surface area (Å²) in [5.41, 5.74) is 0.122. The monoisotopic (exact) mass is 271 g/mol. The fourth-order valence-corrected chi connectivity index (χ4v) is 1.92. The Balaban J connectivity index is 2.63. The van der Waals surface area contributed by atoms with Gasteiger partial charge < -0.3 is 10.1 Å². The van der Waals surface area contributed by atoms with Crippen molar-refractivity contribution in [2.45, 2.75) is 33.2 Å². The van der Waals surface area contributed by atoms with Crippen LogP contribution in [0.1, 0.15) is 38.8 Å². The number of hydrogen-bond acceptors (Lipinski definition) is 2. The highest BCUT2D eigenvalue weighted by molar-refractivity contribution is 5.22. The largest absolute Gasteiger partial charge is 0.385 e. The SMILES string of the molecule is COCCC(C)(C)CNC(C)c1c(F)cccc1F. The zero-order chi connectivity index (χ0) is 14.5. The molecular formula is C15H23F2NO. The molecule has 0 bridgehead atoms. The molecule has 1 atom stereocenters. The first-order valence-corrected chi connectivity index (χ1v) is 6.53. The second kappa shape index (κ2) is 6.96. The minimum atomic E-state index is -0.505. The van der Waals surface area contributed by atoms with Gasteiger partial charge >= 0.3 is 0 Å². The van der Waals surface area contributed by atoms with E-state index in [1.165, 1.54) is 18.2 Å². The van der Waals surface area contributed by atoms with E-state index in [-0.39, 0.29) is 17.0 Å². The van der Waals surface area contributed by atoms with Gasteiger partial charge in [0.1, 0.15) is 11.6 Å². The molecule has 0 aliphatic heterocycles. The first-order valence-electron chi connectivity index (χ1n) is 6.53. The van der Waals surface area contributed by atoms with Gasteiger partial charge in [0.05, 0.1) is 0 Å². The van der Waals surface area contributed by atoms with Crippen LogP contribution in [0.15, 0.2) is 18.2 Å². The molecule has 1 aromatic rings. The molecule has 1 rings (SSSR count). The molecule has 2 nitrogen and oxygen atoms in total. The Morgan fingerprint density at radius 1 is 1.26 bits per heavy atom. The molecule has 0 radical (unpaired) electrons. The average molecular weight is 271 g/mol. The standard InChI is InChI=1S/C15H23F2NO/c1-11(14-12(16)6-5-7-13(14)17)18-10-15(2,3)8-9-19-4/h5-7,11,18H,8-10H2,1-4H3. The average Bonchev–Trinajstić information content (AvgIpc) is 2.34. The first kappa shape index (κ1) is 16.1. The van der Waals surface area contributed by atoms with Crippen LogP contribution in [0.2, 0.25) is 0 Å². The van der Waals surface area contributed by atoms with Gasteiger partial charge in [-0.3, -0.25) is 0 Å². The summed E-state index contributed by atoms with van der Waals surface area (Å²) in [6.07, 6.45) is 0.892. The topological polar surface area (TPSA) is 21.3 Å². The van der Waals surface area contributed by atoms with Gasteiger partial charge in [-0.05, 0) is 30.9 Å². The molecular weight excluding hydrogens is 248 g/mol. The van der Waals surface area contributed by atoms with Crippen LogP contribution in [0.25, 0.3) is 0 Å². The fourth-order valence-electron chi connectivity index (χ4n) is 1.92. The van der Waals surface area contributed by atoms with E-state index >= 15 is 0 Å². The number of ether oxygens (including phenoxy) is 1. The van der Waals surface area contributed by atoms with E-state index in [2.05, 4.69) is 19.2 Å². The number of methoxy groups -OCH3 is 1. The Morgan fingerprint density at radius 2 is 1.84 bits per heavy atom. The van der Waals surface area contributed by atoms with Crippen molar-refractivity contribution in [3.8, 4) is 0 Å². The Morgan fingerprint density at radius 3 is 2.37 bits per heavy atom. The van der Waals surface area contributed by atoms with Crippen molar-refractivity contribution in [1.82, 2.24) is 5.32 Å². The molecule has 108 valence electrons. The van der Waals surface area contributed by atoms with Gasteiger partial charge in [-0.2, -0.15) is 0 Å². The predicted molar refractivity (Wildman–Crippen MR) is 73.0 cm³/mol. The van der Waals surface area contributed by atoms with Crippen LogP contribution in [-0.4, -0.2) is 20.3 Å². The smallest absolute Gasteiger partial charge is 0.130 e. The summed E-state index contributed by atoms with van der Waals surface area (Å²) < 4.78 is 32.3. The van der Waals surface area contributed by atoms with Gasteiger partial charge in [-0.25, -0.2) is 8.78 Å². The molecule has 0 saturated heterocycles. The summed E-state index contributed by atoms with van der Waals surface area (Å²) in [5.74, 6) is -1.01. The summed E-state index contributed by atoms with van der Waals surface area (Å²) in [6, 6.07) is 3.59. The van der Waals surface area contributed by atoms with E-state index in [1.54, 1.807) is 14.0 Å². The van der Waals surface area contributed by atoms with Gasteiger partial charge in [-0.15, -0.1) is 0 Å². The maximum Gasteiger partial charge on any atom is 0.130 e. The lowest BCUT2D eigenvalue weighted by Crippen LogP contribution is -2.32. The van der Waals surface area contributed by atoms with Crippen LogP contribution >= 0.6 is 0 Å². The van der Waals surface area contributed by atoms with Crippen molar-refractivity contribution in [2.24, 2.45) is 5.41 Å². The Kier molecular flexibility index (Phi) is 5.88. The number of halogens is 2. The van der Waals surface area contributed by atoms with Crippen LogP contribution in [0.5, 0.6) is 0 Å². The third-order valence-corrected chi connectivity index (χ3v) is 3.30. The van der Waals surface area contributed by atoms with Crippen LogP contribution < -0.4 is 5.32 Å². The zero-order valence-electron chi connectivity index (χ0n) is 12.1. The van der Waals surface area contributed by atoms with Crippen molar-refractivity contribution in [1.29, 1.82) is 0 Å². The van der Waals surface area contributed by atoms with E-state index in [9.17, 15) is 8.78 Å². The van der Waals surface area contributed by atoms with Crippen molar-refractivity contribution in [2.75, 3.05) is 20.3 Å². The second-order valence-electron chi connectivity index (χ2n) is 5.64. The van der Waals surface area contributed by atoms with Crippen LogP contribution in [0.4, 0.5) is 8.78 Å². The molecule has 0 aliphatic rings. The van der Waals surface area contributed by atoms with E-state index in [1.807, 2.05) is 0 Å². The minimum absolute atomic E-state index is 0.0198. The third kappa shape index (κ3) is 4.88. The fraction of sp³-hybridized carbons (Fsp3) is 0.600. The maximum atomic E-state index is 13.6. The van der Waals surface area contributed by atoms with E-state index in [0.29, 0.717) is 13.2 Å². The van der Waals surface area contributed by atoms with Crippen molar-refractivity contribution >= 4 is 0 Å². The first-order chi connectivity index (χ1) is 8.87. The number of benzene rings is 1. The lowest BCUT2D eigenvalue weighted by Gasteiger charge is -2.27. The summed E-state index contributed by atoms with van der Waals surface area (Å²) in [7, 11) is 1.67. The highest BCUT2D eigenvalue weighted by Crippen LogP contribution is 2.23. The predicted octanol–water partition coefficient (Wildman–Crippen LogP) is 3.68. The van der Waals surface area contributed by atoms with Gasteiger partial charge in [-0.1, -0.05) is 19.9 Å². The zero-order valence-corrected chi connectivity index (χ0v) is 12.1. The molecule has 0 saturated carbocycles. The maximum absolute atomic E-state index is 13.6. The normalized spacial score (nSPS) is 13.6. The van der Waals surface area contributed by atoms with E-state index < -0.39 is 11.6 Å². The molecule has 1 N–H and O–H groups in total. The molecule has 0 spiro atoms. The summed E-state index contributed by atoms with van der Waals surface area (Å²) in [4.78, 5) is 0. The molecule has 0 aliphatic carbocycles. The number of hydrogen-bond donors (Lipinski definition) is 1. The number of nitrogens with one attached hydrogen (secondary N) is 1.